The molecule has 0 aliphatic carbocycles. The van der Waals surface area contributed by atoms with Gasteiger partial charge in [0.1, 0.15) is 11.5 Å². The van der Waals surface area contributed by atoms with Crippen LogP contribution in [0, 0.1) is 0 Å². The smallest absolute Gasteiger partial charge is 0.273 e. The van der Waals surface area contributed by atoms with Crippen molar-refractivity contribution in [3.8, 4) is 0 Å². The summed E-state index contributed by atoms with van der Waals surface area (Å²) in [4.78, 5) is 24.3. The maximum Gasteiger partial charge on any atom is 0.273 e. The maximum absolute atomic E-state index is 11.8. The average molecular weight is 222 g/mol. The summed E-state index contributed by atoms with van der Waals surface area (Å²) in [6.07, 6.45) is 3.40. The number of imidazole rings is 1. The Morgan fingerprint density at radius 1 is 1.60 bits per heavy atom. The number of carbonyl (C=O) groups excluding carboxylic acids is 1. The fourth-order valence-electron chi connectivity index (χ4n) is 1.19. The second kappa shape index (κ2) is 4.22. The van der Waals surface area contributed by atoms with Crippen molar-refractivity contribution in [1.29, 1.82) is 0 Å². The van der Waals surface area contributed by atoms with Gasteiger partial charge in [0.05, 0.1) is 12.1 Å². The van der Waals surface area contributed by atoms with Crippen LogP contribution in [0.1, 0.15) is 16.3 Å². The van der Waals surface area contributed by atoms with Gasteiger partial charge in [-0.3, -0.25) is 4.79 Å². The first kappa shape index (κ1) is 9.85. The molecule has 0 aromatic carbocycles. The van der Waals surface area contributed by atoms with Gasteiger partial charge in [-0.05, 0) is 0 Å². The van der Waals surface area contributed by atoms with E-state index >= 15 is 0 Å². The second-order valence-electron chi connectivity index (χ2n) is 3.07. The number of hydrogen-bond donors (Lipinski definition) is 1. The Morgan fingerprint density at radius 3 is 3.07 bits per heavy atom. The molecule has 0 aliphatic rings. The highest BCUT2D eigenvalue weighted by atomic mass is 32.1. The zero-order valence-corrected chi connectivity index (χ0v) is 8.99. The van der Waals surface area contributed by atoms with Crippen molar-refractivity contribution in [1.82, 2.24) is 19.9 Å². The predicted molar refractivity (Wildman–Crippen MR) is 56.5 cm³/mol. The van der Waals surface area contributed by atoms with Crippen molar-refractivity contribution >= 4 is 17.2 Å². The molecule has 6 heteroatoms. The molecule has 0 unspecified atom stereocenters. The van der Waals surface area contributed by atoms with Gasteiger partial charge in [0.25, 0.3) is 5.91 Å². The third-order valence-electron chi connectivity index (χ3n) is 1.94. The molecule has 0 bridgehead atoms. The number of H-pyrrole nitrogens is 1. The number of carbonyl (C=O) groups is 1. The van der Waals surface area contributed by atoms with Crippen LogP contribution < -0.4 is 0 Å². The van der Waals surface area contributed by atoms with Gasteiger partial charge < -0.3 is 9.88 Å². The van der Waals surface area contributed by atoms with Crippen molar-refractivity contribution in [3.05, 3.63) is 34.8 Å². The molecule has 0 saturated heterocycles. The largest absolute Gasteiger partial charge is 0.347 e. The second-order valence-corrected chi connectivity index (χ2v) is 3.79. The van der Waals surface area contributed by atoms with Crippen LogP contribution in [0.15, 0.2) is 23.3 Å². The molecule has 0 atom stereocenters. The third kappa shape index (κ3) is 2.21. The zero-order chi connectivity index (χ0) is 10.7. The molecule has 0 aliphatic heterocycles. The van der Waals surface area contributed by atoms with Gasteiger partial charge >= 0.3 is 0 Å². The summed E-state index contributed by atoms with van der Waals surface area (Å²) >= 11 is 1.41. The Hall–Kier alpha value is -1.69. The molecule has 2 heterocycles. The summed E-state index contributed by atoms with van der Waals surface area (Å²) in [6.45, 7) is 0.462. The molecule has 2 aromatic rings. The number of nitrogens with one attached hydrogen (secondary N) is 1. The normalized spacial score (nSPS) is 10.2. The lowest BCUT2D eigenvalue weighted by molar-refractivity contribution is 0.0777. The van der Waals surface area contributed by atoms with Crippen LogP contribution in [0.2, 0.25) is 0 Å². The molecule has 0 spiro atoms. The number of hydrogen-bond acceptors (Lipinski definition) is 4. The van der Waals surface area contributed by atoms with Crippen LogP contribution in [0.3, 0.4) is 0 Å². The number of aromatic nitrogens is 3. The van der Waals surface area contributed by atoms with Gasteiger partial charge in [0, 0.05) is 24.8 Å². The van der Waals surface area contributed by atoms with Crippen LogP contribution in [-0.4, -0.2) is 32.8 Å². The molecule has 2 aromatic heterocycles. The molecule has 1 N–H and O–H groups in total. The molecule has 0 saturated carbocycles. The Kier molecular flexibility index (Phi) is 2.77. The van der Waals surface area contributed by atoms with E-state index in [9.17, 15) is 4.79 Å². The topological polar surface area (TPSA) is 61.9 Å². The molecule has 1 amide bonds. The van der Waals surface area contributed by atoms with Crippen LogP contribution in [0.25, 0.3) is 0 Å². The van der Waals surface area contributed by atoms with Crippen LogP contribution in [0.4, 0.5) is 0 Å². The van der Waals surface area contributed by atoms with Crippen LogP contribution in [-0.2, 0) is 6.54 Å². The van der Waals surface area contributed by atoms with Crippen molar-refractivity contribution < 1.29 is 4.79 Å². The fourth-order valence-corrected chi connectivity index (χ4v) is 1.72. The minimum atomic E-state index is -0.0901. The van der Waals surface area contributed by atoms with Gasteiger partial charge in [-0.15, -0.1) is 11.3 Å². The lowest BCUT2D eigenvalue weighted by Crippen LogP contribution is -2.26. The van der Waals surface area contributed by atoms with Gasteiger partial charge in [-0.25, -0.2) is 9.97 Å². The lowest BCUT2D eigenvalue weighted by atomic mass is 10.4. The van der Waals surface area contributed by atoms with E-state index in [0.717, 1.165) is 5.82 Å². The van der Waals surface area contributed by atoms with Gasteiger partial charge in [0.2, 0.25) is 0 Å². The first-order valence-corrected chi connectivity index (χ1v) is 5.33. The van der Waals surface area contributed by atoms with E-state index in [-0.39, 0.29) is 5.91 Å². The number of aromatic amines is 1. The predicted octanol–water partition coefficient (Wildman–Crippen LogP) is 1.14. The highest BCUT2D eigenvalue weighted by Gasteiger charge is 2.14. The van der Waals surface area contributed by atoms with E-state index in [4.69, 9.17) is 0 Å². The Morgan fingerprint density at radius 2 is 2.47 bits per heavy atom. The minimum Gasteiger partial charge on any atom is -0.347 e. The average Bonchev–Trinajstić information content (AvgIpc) is 2.88. The first-order chi connectivity index (χ1) is 7.27. The summed E-state index contributed by atoms with van der Waals surface area (Å²) in [6, 6.07) is 0. The first-order valence-electron chi connectivity index (χ1n) is 4.39. The van der Waals surface area contributed by atoms with E-state index in [1.165, 1.54) is 11.3 Å². The Bertz CT molecular complexity index is 423. The highest BCUT2D eigenvalue weighted by Crippen LogP contribution is 2.06. The van der Waals surface area contributed by atoms with Crippen LogP contribution in [0.5, 0.6) is 0 Å². The number of rotatable bonds is 3. The van der Waals surface area contributed by atoms with Gasteiger partial charge in [-0.1, -0.05) is 0 Å². The molecular formula is C9H10N4OS. The summed E-state index contributed by atoms with van der Waals surface area (Å²) in [5.74, 6) is 0.675. The van der Waals surface area contributed by atoms with Gasteiger partial charge in [0.15, 0.2) is 0 Å². The zero-order valence-electron chi connectivity index (χ0n) is 8.17. The van der Waals surface area contributed by atoms with Crippen molar-refractivity contribution in [2.75, 3.05) is 7.05 Å². The molecule has 0 fully saturated rings. The molecule has 78 valence electrons. The minimum absolute atomic E-state index is 0.0901. The monoisotopic (exact) mass is 222 g/mol. The molecule has 2 rings (SSSR count). The van der Waals surface area contributed by atoms with E-state index in [0.29, 0.717) is 12.2 Å². The van der Waals surface area contributed by atoms with Crippen molar-refractivity contribution in [2.45, 2.75) is 6.54 Å². The standard InChI is InChI=1S/C9H10N4OS/c1-13(4-8-10-2-3-11-8)9(14)7-5-15-6-12-7/h2-3,5-6H,4H2,1H3,(H,10,11). The molecule has 15 heavy (non-hydrogen) atoms. The number of amides is 1. The SMILES string of the molecule is CN(Cc1ncc[nH]1)C(=O)c1cscn1. The Balaban J connectivity index is 2.03. The summed E-state index contributed by atoms with van der Waals surface area (Å²) in [7, 11) is 1.73. The highest BCUT2D eigenvalue weighted by molar-refractivity contribution is 7.07. The summed E-state index contributed by atoms with van der Waals surface area (Å²) in [5.41, 5.74) is 2.13. The third-order valence-corrected chi connectivity index (χ3v) is 2.53. The van der Waals surface area contributed by atoms with Crippen LogP contribution >= 0.6 is 11.3 Å². The molecule has 0 radical (unpaired) electrons. The Labute approximate surface area is 90.8 Å². The summed E-state index contributed by atoms with van der Waals surface area (Å²) in [5, 5.41) is 1.74. The van der Waals surface area contributed by atoms with Gasteiger partial charge in [-0.2, -0.15) is 0 Å². The molecular weight excluding hydrogens is 212 g/mol. The van der Waals surface area contributed by atoms with E-state index < -0.39 is 0 Å². The van der Waals surface area contributed by atoms with E-state index in [1.807, 2.05) is 0 Å². The van der Waals surface area contributed by atoms with Crippen molar-refractivity contribution in [3.63, 3.8) is 0 Å². The maximum atomic E-state index is 11.8. The quantitative estimate of drug-likeness (QED) is 0.847. The number of thiazole rings is 1. The fraction of sp³-hybridized carbons (Fsp3) is 0.222. The van der Waals surface area contributed by atoms with E-state index in [1.54, 1.807) is 35.2 Å². The van der Waals surface area contributed by atoms with E-state index in [2.05, 4.69) is 15.0 Å². The summed E-state index contributed by atoms with van der Waals surface area (Å²) < 4.78 is 0. The number of nitrogens with zero attached hydrogens (tertiary/aromatic N) is 3. The lowest BCUT2D eigenvalue weighted by Gasteiger charge is -2.13. The van der Waals surface area contributed by atoms with Crippen molar-refractivity contribution in [2.24, 2.45) is 0 Å². The molecule has 5 nitrogen and oxygen atoms in total.